The van der Waals surface area contributed by atoms with Gasteiger partial charge in [-0.25, -0.2) is 0 Å². The number of ether oxygens (including phenoxy) is 1. The van der Waals surface area contributed by atoms with Gasteiger partial charge in [-0.05, 0) is 21.0 Å². The Morgan fingerprint density at radius 2 is 2.00 bits per heavy atom. The van der Waals surface area contributed by atoms with Crippen molar-refractivity contribution < 1.29 is 14.3 Å². The highest BCUT2D eigenvalue weighted by atomic mass is 32.2. The van der Waals surface area contributed by atoms with Crippen molar-refractivity contribution in [3.05, 3.63) is 0 Å². The van der Waals surface area contributed by atoms with Crippen molar-refractivity contribution in [3.63, 3.8) is 0 Å². The zero-order valence-electron chi connectivity index (χ0n) is 9.62. The Morgan fingerprint density at radius 3 is 2.53 bits per heavy atom. The molecule has 0 N–H and O–H groups in total. The standard InChI is InChI=1S/C10H19NO3S/c1-4-14-10(13)7-9(12)8-15-6-5-11(2)3/h4-8H2,1-3H3. The number of thioether (sulfide) groups is 1. The molecule has 0 amide bonds. The smallest absolute Gasteiger partial charge is 0.313 e. The molecule has 0 atom stereocenters. The molecule has 0 heterocycles. The van der Waals surface area contributed by atoms with Gasteiger partial charge in [0, 0.05) is 12.3 Å². The maximum Gasteiger partial charge on any atom is 0.313 e. The van der Waals surface area contributed by atoms with E-state index in [4.69, 9.17) is 0 Å². The van der Waals surface area contributed by atoms with E-state index >= 15 is 0 Å². The molecular formula is C10H19NO3S. The maximum absolute atomic E-state index is 11.2. The van der Waals surface area contributed by atoms with Gasteiger partial charge in [0.15, 0.2) is 5.78 Å². The molecule has 0 spiro atoms. The van der Waals surface area contributed by atoms with Crippen molar-refractivity contribution >= 4 is 23.5 Å². The molecule has 0 bridgehead atoms. The van der Waals surface area contributed by atoms with Gasteiger partial charge in [-0.2, -0.15) is 11.8 Å². The largest absolute Gasteiger partial charge is 0.466 e. The summed E-state index contributed by atoms with van der Waals surface area (Å²) >= 11 is 1.55. The first-order chi connectivity index (χ1) is 7.06. The fraction of sp³-hybridized carbons (Fsp3) is 0.800. The predicted octanol–water partition coefficient (Wildman–Crippen LogP) is 0.803. The van der Waals surface area contributed by atoms with E-state index in [9.17, 15) is 9.59 Å². The summed E-state index contributed by atoms with van der Waals surface area (Å²) < 4.78 is 4.68. The molecule has 0 aliphatic carbocycles. The minimum atomic E-state index is -0.421. The van der Waals surface area contributed by atoms with E-state index in [1.165, 1.54) is 0 Å². The molecule has 0 unspecified atom stereocenters. The van der Waals surface area contributed by atoms with Crippen LogP contribution in [0.5, 0.6) is 0 Å². The van der Waals surface area contributed by atoms with E-state index in [2.05, 4.69) is 9.64 Å². The summed E-state index contributed by atoms with van der Waals surface area (Å²) in [5, 5.41) is 0. The SMILES string of the molecule is CCOC(=O)CC(=O)CSCCN(C)C. The highest BCUT2D eigenvalue weighted by Crippen LogP contribution is 2.02. The molecule has 0 fully saturated rings. The van der Waals surface area contributed by atoms with Crippen LogP contribution in [0, 0.1) is 0 Å². The Balaban J connectivity index is 3.45. The lowest BCUT2D eigenvalue weighted by Crippen LogP contribution is -2.17. The molecule has 0 radical (unpaired) electrons. The Bertz CT molecular complexity index is 207. The minimum Gasteiger partial charge on any atom is -0.466 e. The van der Waals surface area contributed by atoms with Gasteiger partial charge >= 0.3 is 5.97 Å². The average molecular weight is 233 g/mol. The Hall–Kier alpha value is -0.550. The van der Waals surface area contributed by atoms with Crippen molar-refractivity contribution in [1.29, 1.82) is 0 Å². The second kappa shape index (κ2) is 8.73. The Morgan fingerprint density at radius 1 is 1.33 bits per heavy atom. The molecule has 0 aromatic heterocycles. The molecule has 0 aliphatic heterocycles. The zero-order chi connectivity index (χ0) is 11.7. The van der Waals surface area contributed by atoms with Gasteiger partial charge in [0.05, 0.1) is 12.4 Å². The third kappa shape index (κ3) is 9.75. The lowest BCUT2D eigenvalue weighted by atomic mass is 10.3. The fourth-order valence-electron chi connectivity index (χ4n) is 0.857. The summed E-state index contributed by atoms with van der Waals surface area (Å²) in [5.74, 6) is 0.821. The van der Waals surface area contributed by atoms with E-state index in [1.807, 2.05) is 14.1 Å². The van der Waals surface area contributed by atoms with Crippen LogP contribution in [0.15, 0.2) is 0 Å². The number of carbonyl (C=O) groups excluding carboxylic acids is 2. The summed E-state index contributed by atoms with van der Waals surface area (Å²) in [6.45, 7) is 3.01. The monoisotopic (exact) mass is 233 g/mol. The van der Waals surface area contributed by atoms with Crippen LogP contribution in [-0.4, -0.2) is 55.4 Å². The highest BCUT2D eigenvalue weighted by molar-refractivity contribution is 7.99. The Kier molecular flexibility index (Phi) is 8.41. The number of rotatable bonds is 8. The first kappa shape index (κ1) is 14.5. The van der Waals surface area contributed by atoms with E-state index < -0.39 is 5.97 Å². The van der Waals surface area contributed by atoms with Crippen molar-refractivity contribution in [2.45, 2.75) is 13.3 Å². The number of nitrogens with zero attached hydrogens (tertiary/aromatic N) is 1. The number of Topliss-reactive ketones (excluding diaryl/α,β-unsaturated/α-hetero) is 1. The topological polar surface area (TPSA) is 46.6 Å². The quantitative estimate of drug-likeness (QED) is 0.352. The summed E-state index contributed by atoms with van der Waals surface area (Å²) in [7, 11) is 3.97. The van der Waals surface area contributed by atoms with E-state index in [-0.39, 0.29) is 12.2 Å². The van der Waals surface area contributed by atoms with Gasteiger partial charge in [-0.1, -0.05) is 0 Å². The molecule has 0 aromatic carbocycles. The van der Waals surface area contributed by atoms with Crippen molar-refractivity contribution in [2.24, 2.45) is 0 Å². The lowest BCUT2D eigenvalue weighted by Gasteiger charge is -2.08. The van der Waals surface area contributed by atoms with Gasteiger partial charge in [-0.3, -0.25) is 9.59 Å². The van der Waals surface area contributed by atoms with Crippen LogP contribution in [0.2, 0.25) is 0 Å². The van der Waals surface area contributed by atoms with Crippen molar-refractivity contribution in [3.8, 4) is 0 Å². The number of ketones is 1. The first-order valence-electron chi connectivity index (χ1n) is 4.96. The average Bonchev–Trinajstić information content (AvgIpc) is 2.12. The number of hydrogen-bond acceptors (Lipinski definition) is 5. The van der Waals surface area contributed by atoms with Gasteiger partial charge in [0.2, 0.25) is 0 Å². The molecule has 88 valence electrons. The predicted molar refractivity (Wildman–Crippen MR) is 62.1 cm³/mol. The van der Waals surface area contributed by atoms with Crippen LogP contribution in [0.3, 0.4) is 0 Å². The maximum atomic E-state index is 11.2. The summed E-state index contributed by atoms with van der Waals surface area (Å²) in [6, 6.07) is 0. The van der Waals surface area contributed by atoms with Crippen LogP contribution in [0.25, 0.3) is 0 Å². The van der Waals surface area contributed by atoms with E-state index in [0.717, 1.165) is 12.3 Å². The molecular weight excluding hydrogens is 214 g/mol. The third-order valence-corrected chi connectivity index (χ3v) is 2.59. The molecule has 0 aromatic rings. The summed E-state index contributed by atoms with van der Waals surface area (Å²) in [5.41, 5.74) is 0. The highest BCUT2D eigenvalue weighted by Gasteiger charge is 2.09. The van der Waals surface area contributed by atoms with Crippen molar-refractivity contribution in [2.75, 3.05) is 38.8 Å². The van der Waals surface area contributed by atoms with Gasteiger partial charge in [-0.15, -0.1) is 0 Å². The molecule has 0 aliphatic rings. The van der Waals surface area contributed by atoms with Crippen molar-refractivity contribution in [1.82, 2.24) is 4.90 Å². The second-order valence-corrected chi connectivity index (χ2v) is 4.48. The van der Waals surface area contributed by atoms with Crippen LogP contribution < -0.4 is 0 Å². The first-order valence-corrected chi connectivity index (χ1v) is 6.11. The minimum absolute atomic E-state index is 0.0581. The third-order valence-electron chi connectivity index (χ3n) is 1.59. The van der Waals surface area contributed by atoms with E-state index in [0.29, 0.717) is 12.4 Å². The molecule has 0 saturated carbocycles. The molecule has 0 saturated heterocycles. The van der Waals surface area contributed by atoms with Crippen LogP contribution in [-0.2, 0) is 14.3 Å². The lowest BCUT2D eigenvalue weighted by molar-refractivity contribution is -0.145. The molecule has 5 heteroatoms. The fourth-order valence-corrected chi connectivity index (χ4v) is 1.83. The van der Waals surface area contributed by atoms with Crippen LogP contribution >= 0.6 is 11.8 Å². The van der Waals surface area contributed by atoms with Crippen LogP contribution in [0.1, 0.15) is 13.3 Å². The molecule has 4 nitrogen and oxygen atoms in total. The normalized spacial score (nSPS) is 10.4. The van der Waals surface area contributed by atoms with Crippen LogP contribution in [0.4, 0.5) is 0 Å². The van der Waals surface area contributed by atoms with Gasteiger partial charge in [0.1, 0.15) is 6.42 Å². The molecule has 15 heavy (non-hydrogen) atoms. The number of hydrogen-bond donors (Lipinski definition) is 0. The van der Waals surface area contributed by atoms with Gasteiger partial charge in [0.25, 0.3) is 0 Å². The van der Waals surface area contributed by atoms with Gasteiger partial charge < -0.3 is 9.64 Å². The number of carbonyl (C=O) groups is 2. The molecule has 0 rings (SSSR count). The Labute approximate surface area is 95.3 Å². The number of esters is 1. The summed E-state index contributed by atoms with van der Waals surface area (Å²) in [6.07, 6.45) is -0.0944. The summed E-state index contributed by atoms with van der Waals surface area (Å²) in [4.78, 5) is 24.2. The zero-order valence-corrected chi connectivity index (χ0v) is 10.4. The second-order valence-electron chi connectivity index (χ2n) is 3.38. The van der Waals surface area contributed by atoms with E-state index in [1.54, 1.807) is 18.7 Å².